The van der Waals surface area contributed by atoms with Crippen LogP contribution in [0.3, 0.4) is 0 Å². The molecule has 242 valence electrons. The molecule has 9 heteroatoms. The van der Waals surface area contributed by atoms with Gasteiger partial charge in [0, 0.05) is 58.3 Å². The third-order valence-corrected chi connectivity index (χ3v) is 8.56. The molecule has 9 nitrogen and oxygen atoms in total. The van der Waals surface area contributed by atoms with Crippen molar-refractivity contribution in [3.8, 4) is 11.5 Å². The maximum Gasteiger partial charge on any atom is 0.223 e. The van der Waals surface area contributed by atoms with Crippen LogP contribution in [0.5, 0.6) is 11.5 Å². The van der Waals surface area contributed by atoms with Crippen LogP contribution in [-0.2, 0) is 25.4 Å². The molecule has 0 bridgehead atoms. The van der Waals surface area contributed by atoms with Crippen LogP contribution in [0.2, 0.25) is 0 Å². The average Bonchev–Trinajstić information content (AvgIpc) is 3.21. The lowest BCUT2D eigenvalue weighted by molar-refractivity contribution is -0.128. The number of ether oxygens (including phenoxy) is 5. The molecule has 0 radical (unpaired) electrons. The van der Waals surface area contributed by atoms with Gasteiger partial charge in [0.25, 0.3) is 0 Å². The third-order valence-electron chi connectivity index (χ3n) is 8.56. The van der Waals surface area contributed by atoms with Gasteiger partial charge < -0.3 is 39.8 Å². The summed E-state index contributed by atoms with van der Waals surface area (Å²) in [5, 5.41) is 14.3. The summed E-state index contributed by atoms with van der Waals surface area (Å²) in [6.07, 6.45) is 3.70. The first kappa shape index (κ1) is 36.3. The highest BCUT2D eigenvalue weighted by Crippen LogP contribution is 2.32. The van der Waals surface area contributed by atoms with Crippen molar-refractivity contribution in [3.05, 3.63) is 23.8 Å². The molecular formula is C33H58N2O7. The van der Waals surface area contributed by atoms with Crippen molar-refractivity contribution in [1.29, 1.82) is 0 Å². The number of amides is 1. The van der Waals surface area contributed by atoms with E-state index in [-0.39, 0.29) is 35.7 Å². The smallest absolute Gasteiger partial charge is 0.223 e. The quantitative estimate of drug-likeness (QED) is 0.204. The predicted molar refractivity (Wildman–Crippen MR) is 166 cm³/mol. The maximum atomic E-state index is 13.2. The maximum absolute atomic E-state index is 13.2. The van der Waals surface area contributed by atoms with Gasteiger partial charge in [-0.2, -0.15) is 0 Å². The summed E-state index contributed by atoms with van der Waals surface area (Å²) in [4.78, 5) is 13.2. The molecule has 1 saturated heterocycles. The second kappa shape index (κ2) is 19.4. The highest BCUT2D eigenvalue weighted by atomic mass is 16.5. The number of hydrogen-bond acceptors (Lipinski definition) is 8. The normalized spacial score (nSPS) is 20.5. The molecule has 1 amide bonds. The van der Waals surface area contributed by atoms with Gasteiger partial charge in [-0.15, -0.1) is 0 Å². The number of rotatable bonds is 19. The Hall–Kier alpha value is -1.91. The van der Waals surface area contributed by atoms with Gasteiger partial charge in [0.2, 0.25) is 5.91 Å². The van der Waals surface area contributed by atoms with Crippen molar-refractivity contribution < 1.29 is 33.6 Å². The molecule has 1 aliphatic rings. The van der Waals surface area contributed by atoms with Crippen LogP contribution in [0.4, 0.5) is 0 Å². The average molecular weight is 595 g/mol. The number of benzene rings is 1. The summed E-state index contributed by atoms with van der Waals surface area (Å²) in [6.45, 7) is 11.4. The lowest BCUT2D eigenvalue weighted by Gasteiger charge is -2.30. The second-order valence-electron chi connectivity index (χ2n) is 12.5. The van der Waals surface area contributed by atoms with Crippen molar-refractivity contribution in [2.24, 2.45) is 35.3 Å². The molecule has 4 N–H and O–H groups in total. The van der Waals surface area contributed by atoms with E-state index < -0.39 is 12.1 Å². The molecule has 6 atom stereocenters. The zero-order chi connectivity index (χ0) is 31.1. The Morgan fingerprint density at radius 3 is 2.50 bits per heavy atom. The Morgan fingerprint density at radius 1 is 1.10 bits per heavy atom. The van der Waals surface area contributed by atoms with Crippen LogP contribution in [0.25, 0.3) is 0 Å². The number of nitrogens with one attached hydrogen (secondary N) is 1. The fourth-order valence-corrected chi connectivity index (χ4v) is 5.62. The molecule has 0 saturated carbocycles. The molecule has 0 aromatic heterocycles. The van der Waals surface area contributed by atoms with E-state index in [4.69, 9.17) is 29.4 Å². The van der Waals surface area contributed by atoms with Crippen molar-refractivity contribution in [1.82, 2.24) is 5.32 Å². The van der Waals surface area contributed by atoms with Crippen molar-refractivity contribution >= 4 is 5.91 Å². The van der Waals surface area contributed by atoms with Crippen LogP contribution in [0.1, 0.15) is 65.4 Å². The zero-order valence-electron chi connectivity index (χ0n) is 27.1. The van der Waals surface area contributed by atoms with Crippen LogP contribution in [-0.4, -0.2) is 83.6 Å². The monoisotopic (exact) mass is 594 g/mol. The third kappa shape index (κ3) is 12.4. The van der Waals surface area contributed by atoms with E-state index in [0.29, 0.717) is 57.5 Å². The number of hydrogen-bond donors (Lipinski definition) is 3. The highest BCUT2D eigenvalue weighted by Gasteiger charge is 2.30. The van der Waals surface area contributed by atoms with E-state index in [1.165, 1.54) is 0 Å². The Bertz CT molecular complexity index is 897. The fourth-order valence-electron chi connectivity index (χ4n) is 5.62. The summed E-state index contributed by atoms with van der Waals surface area (Å²) < 4.78 is 27.8. The largest absolute Gasteiger partial charge is 0.493 e. The Balaban J connectivity index is 1.97. The van der Waals surface area contributed by atoms with Crippen molar-refractivity contribution in [2.75, 3.05) is 54.3 Å². The Labute approximate surface area is 254 Å². The van der Waals surface area contributed by atoms with Crippen LogP contribution >= 0.6 is 0 Å². The molecule has 1 heterocycles. The number of nitrogens with two attached hydrogens (primary N) is 1. The van der Waals surface area contributed by atoms with Crippen LogP contribution in [0, 0.1) is 29.6 Å². The first-order valence-electron chi connectivity index (χ1n) is 15.7. The van der Waals surface area contributed by atoms with E-state index in [2.05, 4.69) is 25.2 Å². The number of aliphatic hydroxyl groups excluding tert-OH is 1. The van der Waals surface area contributed by atoms with Gasteiger partial charge in [0.05, 0.1) is 32.5 Å². The first-order chi connectivity index (χ1) is 20.1. The van der Waals surface area contributed by atoms with Crippen LogP contribution < -0.4 is 20.5 Å². The summed E-state index contributed by atoms with van der Waals surface area (Å²) in [5.41, 5.74) is 7.73. The fraction of sp³-hybridized carbons (Fsp3) is 0.788. The van der Waals surface area contributed by atoms with Crippen LogP contribution in [0.15, 0.2) is 18.2 Å². The molecule has 1 aromatic carbocycles. The van der Waals surface area contributed by atoms with Gasteiger partial charge >= 0.3 is 0 Å². The van der Waals surface area contributed by atoms with E-state index in [1.54, 1.807) is 21.3 Å². The van der Waals surface area contributed by atoms with E-state index in [9.17, 15) is 9.90 Å². The Morgan fingerprint density at radius 2 is 1.86 bits per heavy atom. The summed E-state index contributed by atoms with van der Waals surface area (Å²) in [7, 11) is 5.05. The number of methoxy groups -OCH3 is 3. The predicted octanol–water partition coefficient (Wildman–Crippen LogP) is 4.22. The molecule has 42 heavy (non-hydrogen) atoms. The SMILES string of the molecule is COCCCOc1cc(C[C@@H](C[C@H](N)[C@@H](O)C[C@H](C(=O)NCC2COCC[C@@H](OC)C2)C(C)C)C(C)C)ccc1OC. The van der Waals surface area contributed by atoms with Gasteiger partial charge in [0.1, 0.15) is 0 Å². The number of carbonyl (C=O) groups excluding carboxylic acids is 1. The molecule has 1 unspecified atom stereocenters. The standard InChI is InChI=1S/C33H58N2O7/c1-22(2)26(15-24-9-10-31(40-7)32(17-24)42-13-8-12-38-5)18-29(34)30(36)19-28(23(3)4)33(37)35-20-25-16-27(39-6)11-14-41-21-25/h9-10,17,22-23,25-30,36H,8,11-16,18-21,34H2,1-7H3,(H,35,37)/t25?,26-,27+,28-,29-,30-/m0/s1. The summed E-state index contributed by atoms with van der Waals surface area (Å²) in [6, 6.07) is 5.60. The molecule has 1 fully saturated rings. The van der Waals surface area contributed by atoms with Gasteiger partial charge in [-0.1, -0.05) is 33.8 Å². The number of aliphatic hydroxyl groups is 1. The molecule has 0 aliphatic carbocycles. The van der Waals surface area contributed by atoms with Crippen molar-refractivity contribution in [3.63, 3.8) is 0 Å². The van der Waals surface area contributed by atoms with E-state index >= 15 is 0 Å². The lowest BCUT2D eigenvalue weighted by Crippen LogP contribution is -2.43. The molecule has 1 aromatic rings. The van der Waals surface area contributed by atoms with Gasteiger partial charge in [-0.05, 0) is 67.6 Å². The van der Waals surface area contributed by atoms with Gasteiger partial charge in [0.15, 0.2) is 11.5 Å². The number of carbonyl (C=O) groups is 1. The molecule has 1 aliphatic heterocycles. The van der Waals surface area contributed by atoms with E-state index in [1.807, 2.05) is 26.0 Å². The summed E-state index contributed by atoms with van der Waals surface area (Å²) >= 11 is 0. The lowest BCUT2D eigenvalue weighted by atomic mass is 9.80. The Kier molecular flexibility index (Phi) is 16.7. The minimum absolute atomic E-state index is 0.0360. The second-order valence-corrected chi connectivity index (χ2v) is 12.5. The molecule has 2 rings (SSSR count). The summed E-state index contributed by atoms with van der Waals surface area (Å²) in [5.74, 6) is 1.95. The zero-order valence-corrected chi connectivity index (χ0v) is 27.1. The molecular weight excluding hydrogens is 536 g/mol. The van der Waals surface area contributed by atoms with Crippen molar-refractivity contribution in [2.45, 2.75) is 84.5 Å². The minimum atomic E-state index is -0.779. The van der Waals surface area contributed by atoms with Gasteiger partial charge in [-0.25, -0.2) is 0 Å². The first-order valence-corrected chi connectivity index (χ1v) is 15.7. The topological polar surface area (TPSA) is 122 Å². The highest BCUT2D eigenvalue weighted by molar-refractivity contribution is 5.78. The van der Waals surface area contributed by atoms with Gasteiger partial charge in [-0.3, -0.25) is 4.79 Å². The minimum Gasteiger partial charge on any atom is -0.493 e. The van der Waals surface area contributed by atoms with E-state index in [0.717, 1.165) is 37.0 Å². The molecule has 0 spiro atoms.